The Morgan fingerprint density at radius 2 is 1.13 bits per heavy atom. The minimum absolute atomic E-state index is 0.466. The van der Waals surface area contributed by atoms with Crippen molar-refractivity contribution in [1.82, 2.24) is 0 Å². The summed E-state index contributed by atoms with van der Waals surface area (Å²) in [5.41, 5.74) is 1.06. The average Bonchev–Trinajstić information content (AvgIpc) is 2.13. The molecule has 15 heavy (non-hydrogen) atoms. The first-order valence-electron chi connectivity index (χ1n) is 6.93. The molecular formula is C15H32. The number of hydrogen-bond donors (Lipinski definition) is 0. The summed E-state index contributed by atoms with van der Waals surface area (Å²) in [6, 6.07) is 0. The van der Waals surface area contributed by atoms with Crippen molar-refractivity contribution in [3.05, 3.63) is 0 Å². The second-order valence-electron chi connectivity index (χ2n) is 6.13. The summed E-state index contributed by atoms with van der Waals surface area (Å²) in [5, 5.41) is 0. The Balaban J connectivity index is 4.72. The minimum atomic E-state index is 0.466. The lowest BCUT2D eigenvalue weighted by molar-refractivity contribution is 0.0476. The lowest BCUT2D eigenvalue weighted by Crippen LogP contribution is -2.35. The van der Waals surface area contributed by atoms with Crippen LogP contribution in [0.2, 0.25) is 0 Å². The molecule has 0 spiro atoms. The zero-order valence-corrected chi connectivity index (χ0v) is 11.9. The molecule has 0 aliphatic carbocycles. The van der Waals surface area contributed by atoms with Crippen molar-refractivity contribution in [2.75, 3.05) is 0 Å². The second-order valence-corrected chi connectivity index (χ2v) is 6.13. The van der Waals surface area contributed by atoms with Gasteiger partial charge in [-0.15, -0.1) is 0 Å². The summed E-state index contributed by atoms with van der Waals surface area (Å²) in [5.74, 6) is 0. The first-order chi connectivity index (χ1) is 6.93. The zero-order valence-electron chi connectivity index (χ0n) is 11.9. The van der Waals surface area contributed by atoms with Gasteiger partial charge in [-0.05, 0) is 30.1 Å². The maximum atomic E-state index is 2.44. The highest BCUT2D eigenvalue weighted by Gasteiger charge is 2.39. The van der Waals surface area contributed by atoms with Gasteiger partial charge in [0.25, 0.3) is 0 Å². The monoisotopic (exact) mass is 212 g/mol. The molecule has 0 amide bonds. The summed E-state index contributed by atoms with van der Waals surface area (Å²) in [6.45, 7) is 14.3. The SMILES string of the molecule is CCCCC(CCC)(CCC)C(C)(C)C. The van der Waals surface area contributed by atoms with Crippen molar-refractivity contribution in [2.45, 2.75) is 86.5 Å². The van der Waals surface area contributed by atoms with Gasteiger partial charge in [0.2, 0.25) is 0 Å². The zero-order chi connectivity index (χ0) is 11.9. The van der Waals surface area contributed by atoms with Gasteiger partial charge in [0.1, 0.15) is 0 Å². The summed E-state index contributed by atoms with van der Waals surface area (Å²) >= 11 is 0. The van der Waals surface area contributed by atoms with Crippen LogP contribution in [0.4, 0.5) is 0 Å². The fourth-order valence-corrected chi connectivity index (χ4v) is 2.97. The molecule has 92 valence electrons. The number of unbranched alkanes of at least 4 members (excludes halogenated alkanes) is 1. The molecule has 0 fully saturated rings. The van der Waals surface area contributed by atoms with Crippen molar-refractivity contribution in [2.24, 2.45) is 10.8 Å². The molecule has 0 aliphatic rings. The predicted octanol–water partition coefficient (Wildman–Crippen LogP) is 5.81. The Morgan fingerprint density at radius 1 is 0.667 bits per heavy atom. The maximum Gasteiger partial charge on any atom is -0.0249 e. The average molecular weight is 212 g/mol. The molecule has 0 heteroatoms. The Morgan fingerprint density at radius 3 is 1.40 bits per heavy atom. The van der Waals surface area contributed by atoms with Crippen LogP contribution in [-0.2, 0) is 0 Å². The third-order valence-electron chi connectivity index (χ3n) is 4.06. The summed E-state index contributed by atoms with van der Waals surface area (Å²) in [7, 11) is 0. The molecule has 0 aromatic rings. The topological polar surface area (TPSA) is 0 Å². The first-order valence-corrected chi connectivity index (χ1v) is 6.93. The molecular weight excluding hydrogens is 180 g/mol. The summed E-state index contributed by atoms with van der Waals surface area (Å²) < 4.78 is 0. The van der Waals surface area contributed by atoms with E-state index in [0.717, 1.165) is 0 Å². The fourth-order valence-electron chi connectivity index (χ4n) is 2.97. The lowest BCUT2D eigenvalue weighted by Gasteiger charge is -2.46. The van der Waals surface area contributed by atoms with E-state index in [1.54, 1.807) is 0 Å². The molecule has 0 N–H and O–H groups in total. The largest absolute Gasteiger partial charge is 0.0654 e. The van der Waals surface area contributed by atoms with E-state index in [-0.39, 0.29) is 0 Å². The molecule has 0 aliphatic heterocycles. The van der Waals surface area contributed by atoms with E-state index in [9.17, 15) is 0 Å². The van der Waals surface area contributed by atoms with Crippen molar-refractivity contribution in [1.29, 1.82) is 0 Å². The van der Waals surface area contributed by atoms with Gasteiger partial charge in [-0.1, -0.05) is 67.2 Å². The van der Waals surface area contributed by atoms with Crippen LogP contribution < -0.4 is 0 Å². The maximum absolute atomic E-state index is 2.44. The molecule has 0 saturated heterocycles. The third-order valence-corrected chi connectivity index (χ3v) is 4.06. The van der Waals surface area contributed by atoms with Gasteiger partial charge in [0.05, 0.1) is 0 Å². The van der Waals surface area contributed by atoms with E-state index >= 15 is 0 Å². The van der Waals surface area contributed by atoms with Crippen molar-refractivity contribution in [3.63, 3.8) is 0 Å². The lowest BCUT2D eigenvalue weighted by atomic mass is 9.59. The van der Waals surface area contributed by atoms with Crippen molar-refractivity contribution in [3.8, 4) is 0 Å². The molecule has 0 nitrogen and oxygen atoms in total. The fraction of sp³-hybridized carbons (Fsp3) is 1.00. The van der Waals surface area contributed by atoms with Crippen molar-refractivity contribution < 1.29 is 0 Å². The quantitative estimate of drug-likeness (QED) is 0.499. The van der Waals surface area contributed by atoms with E-state index in [2.05, 4.69) is 41.5 Å². The van der Waals surface area contributed by atoms with Gasteiger partial charge in [0, 0.05) is 0 Å². The Kier molecular flexibility index (Phi) is 6.55. The summed E-state index contributed by atoms with van der Waals surface area (Å²) in [4.78, 5) is 0. The van der Waals surface area contributed by atoms with Crippen LogP contribution in [0.3, 0.4) is 0 Å². The van der Waals surface area contributed by atoms with E-state index in [1.807, 2.05) is 0 Å². The van der Waals surface area contributed by atoms with Gasteiger partial charge in [0.15, 0.2) is 0 Å². The van der Waals surface area contributed by atoms with Crippen LogP contribution in [0.15, 0.2) is 0 Å². The standard InChI is InChI=1S/C15H32/c1-7-10-13-15(11-8-2,12-9-3)14(4,5)6/h7-13H2,1-6H3. The van der Waals surface area contributed by atoms with Crippen LogP contribution in [-0.4, -0.2) is 0 Å². The first kappa shape index (κ1) is 15.0. The molecule has 0 saturated carbocycles. The Bertz CT molecular complexity index is 144. The van der Waals surface area contributed by atoms with E-state index in [0.29, 0.717) is 10.8 Å². The highest BCUT2D eigenvalue weighted by Crippen LogP contribution is 2.49. The van der Waals surface area contributed by atoms with Crippen LogP contribution in [0.1, 0.15) is 86.5 Å². The highest BCUT2D eigenvalue weighted by molar-refractivity contribution is 4.89. The minimum Gasteiger partial charge on any atom is -0.0654 e. The molecule has 0 atom stereocenters. The van der Waals surface area contributed by atoms with Gasteiger partial charge in [-0.3, -0.25) is 0 Å². The molecule has 0 rings (SSSR count). The molecule has 0 bridgehead atoms. The normalized spacial score (nSPS) is 13.2. The number of rotatable bonds is 7. The van der Waals surface area contributed by atoms with Crippen LogP contribution >= 0.6 is 0 Å². The van der Waals surface area contributed by atoms with E-state index in [1.165, 1.54) is 44.9 Å². The van der Waals surface area contributed by atoms with Crippen LogP contribution in [0, 0.1) is 10.8 Å². The van der Waals surface area contributed by atoms with Crippen LogP contribution in [0.5, 0.6) is 0 Å². The molecule has 0 heterocycles. The Hall–Kier alpha value is 0. The van der Waals surface area contributed by atoms with Crippen LogP contribution in [0.25, 0.3) is 0 Å². The highest BCUT2D eigenvalue weighted by atomic mass is 14.4. The molecule has 0 aromatic carbocycles. The molecule has 0 aromatic heterocycles. The Labute approximate surface area is 97.8 Å². The number of hydrogen-bond acceptors (Lipinski definition) is 0. The van der Waals surface area contributed by atoms with Gasteiger partial charge < -0.3 is 0 Å². The smallest absolute Gasteiger partial charge is 0.0249 e. The van der Waals surface area contributed by atoms with Gasteiger partial charge >= 0.3 is 0 Å². The predicted molar refractivity (Wildman–Crippen MR) is 71.2 cm³/mol. The summed E-state index contributed by atoms with van der Waals surface area (Å²) in [6.07, 6.45) is 9.65. The van der Waals surface area contributed by atoms with Gasteiger partial charge in [-0.25, -0.2) is 0 Å². The van der Waals surface area contributed by atoms with E-state index < -0.39 is 0 Å². The van der Waals surface area contributed by atoms with E-state index in [4.69, 9.17) is 0 Å². The van der Waals surface area contributed by atoms with Crippen molar-refractivity contribution >= 4 is 0 Å². The molecule has 0 unspecified atom stereocenters. The molecule has 0 radical (unpaired) electrons. The van der Waals surface area contributed by atoms with Gasteiger partial charge in [-0.2, -0.15) is 0 Å². The second kappa shape index (κ2) is 6.55. The third kappa shape index (κ3) is 4.17.